The Labute approximate surface area is 70.0 Å². The lowest BCUT2D eigenvalue weighted by Crippen LogP contribution is -1.92. The number of hydrogen-bond acceptors (Lipinski definition) is 3. The summed E-state index contributed by atoms with van der Waals surface area (Å²) in [6.07, 6.45) is 3.39. The highest BCUT2D eigenvalue weighted by Gasteiger charge is 2.03. The van der Waals surface area contributed by atoms with Gasteiger partial charge in [0.25, 0.3) is 0 Å². The molecular weight excluding hydrogens is 156 g/mol. The van der Waals surface area contributed by atoms with Crippen LogP contribution in [0.3, 0.4) is 0 Å². The molecule has 3 nitrogen and oxygen atoms in total. The van der Waals surface area contributed by atoms with E-state index >= 15 is 0 Å². The van der Waals surface area contributed by atoms with Gasteiger partial charge in [-0.2, -0.15) is 0 Å². The van der Waals surface area contributed by atoms with E-state index < -0.39 is 0 Å². The van der Waals surface area contributed by atoms with Crippen molar-refractivity contribution < 1.29 is 14.3 Å². The number of ether oxygens (including phenoxy) is 1. The van der Waals surface area contributed by atoms with E-state index in [0.29, 0.717) is 16.9 Å². The molecule has 1 aromatic rings. The molecule has 1 rings (SSSR count). The Kier molecular flexibility index (Phi) is 2.58. The maximum atomic E-state index is 10.3. The Hall–Kier alpha value is -1.64. The molecule has 0 atom stereocenters. The topological polar surface area (TPSA) is 43.4 Å². The summed E-state index contributed by atoms with van der Waals surface area (Å²) in [6.45, 7) is 0. The van der Waals surface area contributed by atoms with Crippen molar-refractivity contribution in [3.05, 3.63) is 29.3 Å². The van der Waals surface area contributed by atoms with Gasteiger partial charge in [-0.05, 0) is 18.2 Å². The van der Waals surface area contributed by atoms with Crippen LogP contribution in [-0.4, -0.2) is 19.7 Å². The second-order valence-corrected chi connectivity index (χ2v) is 2.12. The quantitative estimate of drug-likeness (QED) is 0.654. The van der Waals surface area contributed by atoms with E-state index in [-0.39, 0.29) is 0 Å². The summed E-state index contributed by atoms with van der Waals surface area (Å²) in [6, 6.07) is 4.38. The second kappa shape index (κ2) is 3.67. The molecule has 60 valence electrons. The summed E-state index contributed by atoms with van der Waals surface area (Å²) in [7, 11) is 1.42. The van der Waals surface area contributed by atoms with Crippen molar-refractivity contribution >= 4 is 12.6 Å². The molecule has 2 radical (unpaired) electrons. The molecule has 0 aliphatic heterocycles. The van der Waals surface area contributed by atoms with E-state index in [1.807, 2.05) is 0 Å². The predicted molar refractivity (Wildman–Crippen MR) is 42.6 cm³/mol. The van der Waals surface area contributed by atoms with Gasteiger partial charge in [0, 0.05) is 5.56 Å². The van der Waals surface area contributed by atoms with Crippen LogP contribution in [0.5, 0.6) is 5.75 Å². The summed E-state index contributed by atoms with van der Waals surface area (Å²) in [5.74, 6) is 0.339. The van der Waals surface area contributed by atoms with E-state index in [1.165, 1.54) is 25.3 Å². The van der Waals surface area contributed by atoms with Crippen molar-refractivity contribution in [1.29, 1.82) is 0 Å². The SMILES string of the molecule is COc1cc([C]=O)ccc1[C]=O. The van der Waals surface area contributed by atoms with Crippen LogP contribution in [0, 0.1) is 0 Å². The van der Waals surface area contributed by atoms with Gasteiger partial charge >= 0.3 is 0 Å². The van der Waals surface area contributed by atoms with Crippen LogP contribution < -0.4 is 4.74 Å². The van der Waals surface area contributed by atoms with Gasteiger partial charge < -0.3 is 4.74 Å². The third kappa shape index (κ3) is 1.50. The Morgan fingerprint density at radius 3 is 2.50 bits per heavy atom. The second-order valence-electron chi connectivity index (χ2n) is 2.12. The van der Waals surface area contributed by atoms with E-state index in [4.69, 9.17) is 4.74 Å². The first kappa shape index (κ1) is 8.46. The van der Waals surface area contributed by atoms with Crippen molar-refractivity contribution in [2.24, 2.45) is 0 Å². The smallest absolute Gasteiger partial charge is 0.237 e. The van der Waals surface area contributed by atoms with Crippen LogP contribution in [0.2, 0.25) is 0 Å². The minimum Gasteiger partial charge on any atom is -0.496 e. The van der Waals surface area contributed by atoms with Gasteiger partial charge in [-0.25, -0.2) is 0 Å². The molecule has 0 spiro atoms. The zero-order valence-corrected chi connectivity index (χ0v) is 6.46. The van der Waals surface area contributed by atoms with Gasteiger partial charge in [0.1, 0.15) is 5.75 Å². The average Bonchev–Trinajstić information content (AvgIpc) is 2.16. The van der Waals surface area contributed by atoms with Crippen molar-refractivity contribution in [3.63, 3.8) is 0 Å². The lowest BCUT2D eigenvalue weighted by Gasteiger charge is -2.01. The summed E-state index contributed by atoms with van der Waals surface area (Å²) >= 11 is 0. The van der Waals surface area contributed by atoms with Gasteiger partial charge in [0.2, 0.25) is 12.6 Å². The first-order valence-electron chi connectivity index (χ1n) is 3.26. The maximum absolute atomic E-state index is 10.3. The highest BCUT2D eigenvalue weighted by atomic mass is 16.5. The van der Waals surface area contributed by atoms with Gasteiger partial charge in [0.05, 0.1) is 12.7 Å². The van der Waals surface area contributed by atoms with Crippen molar-refractivity contribution in [1.82, 2.24) is 0 Å². The Morgan fingerprint density at radius 1 is 1.25 bits per heavy atom. The van der Waals surface area contributed by atoms with E-state index in [2.05, 4.69) is 0 Å². The van der Waals surface area contributed by atoms with Crippen LogP contribution in [-0.2, 0) is 9.59 Å². The Morgan fingerprint density at radius 2 is 2.00 bits per heavy atom. The fraction of sp³-hybridized carbons (Fsp3) is 0.111. The largest absolute Gasteiger partial charge is 0.496 e. The predicted octanol–water partition coefficient (Wildman–Crippen LogP) is 0.611. The van der Waals surface area contributed by atoms with Crippen molar-refractivity contribution in [2.75, 3.05) is 7.11 Å². The molecule has 0 aromatic heterocycles. The molecule has 3 heteroatoms. The molecule has 0 unspecified atom stereocenters. The fourth-order valence-electron chi connectivity index (χ4n) is 0.839. The lowest BCUT2D eigenvalue weighted by molar-refractivity contribution is 0.413. The molecule has 0 aliphatic rings. The number of benzene rings is 1. The summed E-state index contributed by atoms with van der Waals surface area (Å²) in [4.78, 5) is 20.5. The molecule has 0 saturated heterocycles. The molecule has 0 N–H and O–H groups in total. The molecule has 0 fully saturated rings. The van der Waals surface area contributed by atoms with Crippen LogP contribution in [0.1, 0.15) is 11.1 Å². The molecule has 12 heavy (non-hydrogen) atoms. The minimum absolute atomic E-state index is 0.302. The van der Waals surface area contributed by atoms with Gasteiger partial charge in [-0.1, -0.05) is 0 Å². The van der Waals surface area contributed by atoms with Crippen LogP contribution in [0.15, 0.2) is 18.2 Å². The van der Waals surface area contributed by atoms with Crippen LogP contribution in [0.25, 0.3) is 0 Å². The first-order valence-corrected chi connectivity index (χ1v) is 3.26. The molecular formula is C9H6O3. The van der Waals surface area contributed by atoms with Crippen LogP contribution >= 0.6 is 0 Å². The van der Waals surface area contributed by atoms with E-state index in [0.717, 1.165) is 0 Å². The average molecular weight is 162 g/mol. The third-order valence-electron chi connectivity index (χ3n) is 1.43. The monoisotopic (exact) mass is 162 g/mol. The number of methoxy groups -OCH3 is 1. The molecule has 0 heterocycles. The van der Waals surface area contributed by atoms with E-state index in [9.17, 15) is 9.59 Å². The summed E-state index contributed by atoms with van der Waals surface area (Å²) in [5, 5.41) is 0. The van der Waals surface area contributed by atoms with Crippen molar-refractivity contribution in [3.8, 4) is 5.75 Å². The molecule has 0 saturated carbocycles. The number of carbonyl (C=O) groups excluding carboxylic acids is 2. The van der Waals surface area contributed by atoms with Gasteiger partial charge in [-0.15, -0.1) is 0 Å². The number of hydrogen-bond donors (Lipinski definition) is 0. The maximum Gasteiger partial charge on any atom is 0.237 e. The van der Waals surface area contributed by atoms with Crippen LogP contribution in [0.4, 0.5) is 0 Å². The molecule has 0 bridgehead atoms. The third-order valence-corrected chi connectivity index (χ3v) is 1.43. The van der Waals surface area contributed by atoms with Gasteiger partial charge in [-0.3, -0.25) is 9.59 Å². The number of rotatable bonds is 3. The molecule has 1 aromatic carbocycles. The Bertz CT molecular complexity index is 305. The van der Waals surface area contributed by atoms with E-state index in [1.54, 1.807) is 12.6 Å². The summed E-state index contributed by atoms with van der Waals surface area (Å²) in [5.41, 5.74) is 0.655. The minimum atomic E-state index is 0.302. The summed E-state index contributed by atoms with van der Waals surface area (Å²) < 4.78 is 4.84. The van der Waals surface area contributed by atoms with Gasteiger partial charge in [0.15, 0.2) is 0 Å². The first-order chi connectivity index (χ1) is 5.81. The molecule has 0 aliphatic carbocycles. The standard InChI is InChI=1S/C9H6O3/c1-12-9-4-7(5-10)2-3-8(9)6-11/h2-4H,1H3. The lowest BCUT2D eigenvalue weighted by atomic mass is 10.1. The highest BCUT2D eigenvalue weighted by Crippen LogP contribution is 2.16. The zero-order valence-electron chi connectivity index (χ0n) is 6.46. The fourth-order valence-corrected chi connectivity index (χ4v) is 0.839. The zero-order chi connectivity index (χ0) is 8.97. The van der Waals surface area contributed by atoms with Crippen molar-refractivity contribution in [2.45, 2.75) is 0 Å². The normalized spacial score (nSPS) is 9.08. The Balaban J connectivity index is 3.18. The highest BCUT2D eigenvalue weighted by molar-refractivity contribution is 5.84. The molecule has 0 amide bonds.